The van der Waals surface area contributed by atoms with E-state index in [4.69, 9.17) is 20.3 Å². The molecule has 16 heavy (non-hydrogen) atoms. The molecule has 3 N–H and O–H groups in total. The summed E-state index contributed by atoms with van der Waals surface area (Å²) in [6.45, 7) is 0.244. The molecule has 0 amide bonds. The van der Waals surface area contributed by atoms with Crippen LogP contribution in [0.2, 0.25) is 0 Å². The number of carboxylic acids is 1. The summed E-state index contributed by atoms with van der Waals surface area (Å²) >= 11 is 0. The molecule has 0 aromatic heterocycles. The maximum Gasteiger partial charge on any atom is 0.320 e. The Balaban J connectivity index is 2.45. The first-order valence-electron chi connectivity index (χ1n) is 4.89. The zero-order valence-electron chi connectivity index (χ0n) is 9.05. The number of carbonyl (C=O) groups is 1. The van der Waals surface area contributed by atoms with Crippen molar-refractivity contribution in [2.45, 2.75) is 12.5 Å². The molecule has 0 radical (unpaired) electrons. The van der Waals surface area contributed by atoms with E-state index in [9.17, 15) is 4.79 Å². The monoisotopic (exact) mass is 225 g/mol. The van der Waals surface area contributed by atoms with E-state index in [1.165, 1.54) is 0 Å². The van der Waals surface area contributed by atoms with Gasteiger partial charge in [-0.25, -0.2) is 0 Å². The number of methoxy groups -OCH3 is 1. The maximum absolute atomic E-state index is 10.5. The van der Waals surface area contributed by atoms with Crippen molar-refractivity contribution in [3.8, 4) is 11.5 Å². The van der Waals surface area contributed by atoms with Gasteiger partial charge in [-0.1, -0.05) is 12.1 Å². The fourth-order valence-corrected chi connectivity index (χ4v) is 1.16. The van der Waals surface area contributed by atoms with Gasteiger partial charge in [0.2, 0.25) is 0 Å². The Bertz CT molecular complexity index is 354. The van der Waals surface area contributed by atoms with Gasteiger partial charge in [-0.3, -0.25) is 4.79 Å². The van der Waals surface area contributed by atoms with Crippen molar-refractivity contribution in [1.82, 2.24) is 0 Å². The molecule has 1 aromatic rings. The van der Waals surface area contributed by atoms with Crippen molar-refractivity contribution < 1.29 is 19.4 Å². The number of carboxylic acid groups (broad SMARTS) is 1. The lowest BCUT2D eigenvalue weighted by molar-refractivity contribution is -0.138. The van der Waals surface area contributed by atoms with E-state index in [1.807, 2.05) is 12.1 Å². The summed E-state index contributed by atoms with van der Waals surface area (Å²) in [5.74, 6) is 0.178. The van der Waals surface area contributed by atoms with Gasteiger partial charge in [0.1, 0.15) is 6.04 Å². The van der Waals surface area contributed by atoms with Crippen LogP contribution >= 0.6 is 0 Å². The molecule has 0 unspecified atom stereocenters. The molecule has 1 rings (SSSR count). The van der Waals surface area contributed by atoms with Crippen molar-refractivity contribution in [1.29, 1.82) is 0 Å². The fraction of sp³-hybridized carbons (Fsp3) is 0.364. The van der Waals surface area contributed by atoms with Gasteiger partial charge in [0.25, 0.3) is 0 Å². The average Bonchev–Trinajstić information content (AvgIpc) is 2.29. The van der Waals surface area contributed by atoms with E-state index in [2.05, 4.69) is 0 Å². The van der Waals surface area contributed by atoms with Crippen LogP contribution < -0.4 is 15.2 Å². The van der Waals surface area contributed by atoms with E-state index in [1.54, 1.807) is 19.2 Å². The lowest BCUT2D eigenvalue weighted by Gasteiger charge is -2.11. The highest BCUT2D eigenvalue weighted by atomic mass is 16.5. The zero-order chi connectivity index (χ0) is 12.0. The van der Waals surface area contributed by atoms with Crippen LogP contribution in [0.15, 0.2) is 24.3 Å². The molecule has 88 valence electrons. The highest BCUT2D eigenvalue weighted by molar-refractivity contribution is 5.72. The van der Waals surface area contributed by atoms with E-state index in [-0.39, 0.29) is 13.0 Å². The quantitative estimate of drug-likeness (QED) is 0.750. The molecule has 0 heterocycles. The molecule has 0 aliphatic heterocycles. The predicted octanol–water partition coefficient (Wildman–Crippen LogP) is 0.876. The van der Waals surface area contributed by atoms with Gasteiger partial charge in [0.15, 0.2) is 11.5 Å². The third-order valence-electron chi connectivity index (χ3n) is 2.07. The van der Waals surface area contributed by atoms with Crippen molar-refractivity contribution >= 4 is 5.97 Å². The summed E-state index contributed by atoms with van der Waals surface area (Å²) in [6.07, 6.45) is 0.257. The molecule has 0 spiro atoms. The lowest BCUT2D eigenvalue weighted by atomic mass is 10.2. The predicted molar refractivity (Wildman–Crippen MR) is 58.7 cm³/mol. The van der Waals surface area contributed by atoms with Crippen LogP contribution in [0.5, 0.6) is 11.5 Å². The standard InChI is InChI=1S/C11H15NO4/c1-15-9-4-2-3-5-10(9)16-7-6-8(12)11(13)14/h2-5,8H,6-7,12H2,1H3,(H,13,14)/t8-/m1/s1. The number of aliphatic carboxylic acids is 1. The Morgan fingerprint density at radius 3 is 2.62 bits per heavy atom. The number of para-hydroxylation sites is 2. The smallest absolute Gasteiger partial charge is 0.320 e. The second-order valence-corrected chi connectivity index (χ2v) is 3.23. The Morgan fingerprint density at radius 1 is 1.44 bits per heavy atom. The third kappa shape index (κ3) is 3.43. The van der Waals surface area contributed by atoms with Crippen molar-refractivity contribution in [3.05, 3.63) is 24.3 Å². The van der Waals surface area contributed by atoms with Crippen LogP contribution in [0.25, 0.3) is 0 Å². The van der Waals surface area contributed by atoms with E-state index in [0.717, 1.165) is 0 Å². The number of hydrogen-bond acceptors (Lipinski definition) is 4. The Labute approximate surface area is 93.8 Å². The van der Waals surface area contributed by atoms with Crippen LogP contribution in [0, 0.1) is 0 Å². The first-order valence-corrected chi connectivity index (χ1v) is 4.89. The molecule has 1 atom stereocenters. The van der Waals surface area contributed by atoms with Gasteiger partial charge >= 0.3 is 5.97 Å². The first-order chi connectivity index (χ1) is 7.65. The van der Waals surface area contributed by atoms with Crippen LogP contribution in [-0.4, -0.2) is 30.8 Å². The van der Waals surface area contributed by atoms with E-state index < -0.39 is 12.0 Å². The van der Waals surface area contributed by atoms with Crippen molar-refractivity contribution in [2.24, 2.45) is 5.73 Å². The van der Waals surface area contributed by atoms with Crippen LogP contribution in [0.4, 0.5) is 0 Å². The summed E-state index contributed by atoms with van der Waals surface area (Å²) in [5, 5.41) is 8.57. The molecule has 5 heteroatoms. The number of rotatable bonds is 6. The molecule has 0 fully saturated rings. The normalized spacial score (nSPS) is 11.9. The van der Waals surface area contributed by atoms with Gasteiger partial charge in [-0.2, -0.15) is 0 Å². The molecule has 0 aliphatic rings. The topological polar surface area (TPSA) is 81.8 Å². The first kappa shape index (κ1) is 12.3. The van der Waals surface area contributed by atoms with Gasteiger partial charge in [0.05, 0.1) is 13.7 Å². The molecular formula is C11H15NO4. The number of nitrogens with two attached hydrogens (primary N) is 1. The Kier molecular flexibility index (Phi) is 4.60. The number of hydrogen-bond donors (Lipinski definition) is 2. The Hall–Kier alpha value is -1.75. The minimum absolute atomic E-state index is 0.244. The summed E-state index contributed by atoms with van der Waals surface area (Å²) < 4.78 is 10.5. The zero-order valence-corrected chi connectivity index (χ0v) is 9.05. The third-order valence-corrected chi connectivity index (χ3v) is 2.07. The van der Waals surface area contributed by atoms with Crippen LogP contribution in [-0.2, 0) is 4.79 Å². The summed E-state index contributed by atoms with van der Waals surface area (Å²) in [4.78, 5) is 10.5. The SMILES string of the molecule is COc1ccccc1OCC[C@@H](N)C(=O)O. The summed E-state index contributed by atoms with van der Waals surface area (Å²) in [5.41, 5.74) is 5.34. The highest BCUT2D eigenvalue weighted by Crippen LogP contribution is 2.25. The maximum atomic E-state index is 10.5. The Morgan fingerprint density at radius 2 is 2.06 bits per heavy atom. The molecule has 1 aromatic carbocycles. The largest absolute Gasteiger partial charge is 0.493 e. The molecule has 5 nitrogen and oxygen atoms in total. The minimum Gasteiger partial charge on any atom is -0.493 e. The van der Waals surface area contributed by atoms with Crippen molar-refractivity contribution in [3.63, 3.8) is 0 Å². The average molecular weight is 225 g/mol. The van der Waals surface area contributed by atoms with E-state index >= 15 is 0 Å². The fourth-order valence-electron chi connectivity index (χ4n) is 1.16. The second kappa shape index (κ2) is 5.97. The van der Waals surface area contributed by atoms with E-state index in [0.29, 0.717) is 11.5 Å². The molecular weight excluding hydrogens is 210 g/mol. The second-order valence-electron chi connectivity index (χ2n) is 3.23. The molecule has 0 bridgehead atoms. The highest BCUT2D eigenvalue weighted by Gasteiger charge is 2.11. The molecule has 0 aliphatic carbocycles. The van der Waals surface area contributed by atoms with Gasteiger partial charge in [-0.15, -0.1) is 0 Å². The molecule has 0 saturated carbocycles. The lowest BCUT2D eigenvalue weighted by Crippen LogP contribution is -2.31. The summed E-state index contributed by atoms with van der Waals surface area (Å²) in [7, 11) is 1.55. The van der Waals surface area contributed by atoms with Gasteiger partial charge < -0.3 is 20.3 Å². The van der Waals surface area contributed by atoms with Gasteiger partial charge in [0, 0.05) is 6.42 Å². The molecule has 0 saturated heterocycles. The summed E-state index contributed by atoms with van der Waals surface area (Å²) in [6, 6.07) is 6.27. The van der Waals surface area contributed by atoms with Gasteiger partial charge in [-0.05, 0) is 12.1 Å². The number of ether oxygens (including phenoxy) is 2. The van der Waals surface area contributed by atoms with Crippen LogP contribution in [0.1, 0.15) is 6.42 Å². The minimum atomic E-state index is -1.02. The van der Waals surface area contributed by atoms with Crippen LogP contribution in [0.3, 0.4) is 0 Å². The van der Waals surface area contributed by atoms with Crippen molar-refractivity contribution in [2.75, 3.05) is 13.7 Å². The number of benzene rings is 1.